The van der Waals surface area contributed by atoms with Crippen molar-refractivity contribution in [3.05, 3.63) is 69.8 Å². The van der Waals surface area contributed by atoms with E-state index in [2.05, 4.69) is 0 Å². The molecule has 6 heteroatoms. The highest BCUT2D eigenvalue weighted by Crippen LogP contribution is 2.33. The summed E-state index contributed by atoms with van der Waals surface area (Å²) in [5.74, 6) is -0.303. The predicted molar refractivity (Wildman–Crippen MR) is 89.1 cm³/mol. The van der Waals surface area contributed by atoms with Gasteiger partial charge in [-0.2, -0.15) is 0 Å². The summed E-state index contributed by atoms with van der Waals surface area (Å²) in [5.41, 5.74) is 1.82. The largest absolute Gasteiger partial charge is 0.302 e. The Kier molecular flexibility index (Phi) is 4.12. The first kappa shape index (κ1) is 15.9. The van der Waals surface area contributed by atoms with Crippen LogP contribution >= 0.6 is 0 Å². The zero-order valence-corrected chi connectivity index (χ0v) is 13.1. The quantitative estimate of drug-likeness (QED) is 0.491. The maximum absolute atomic E-state index is 12.7. The third-order valence-electron chi connectivity index (χ3n) is 4.24. The first-order chi connectivity index (χ1) is 11.5. The molecule has 1 unspecified atom stereocenters. The number of carbonyl (C=O) groups excluding carboxylic acids is 2. The molecule has 1 atom stereocenters. The van der Waals surface area contributed by atoms with Crippen LogP contribution in [0.15, 0.2) is 48.5 Å². The van der Waals surface area contributed by atoms with Crippen molar-refractivity contribution in [2.75, 3.05) is 4.90 Å². The van der Waals surface area contributed by atoms with Gasteiger partial charge in [-0.15, -0.1) is 0 Å². The molecule has 0 spiro atoms. The second-order valence-corrected chi connectivity index (χ2v) is 5.74. The topological polar surface area (TPSA) is 80.5 Å². The van der Waals surface area contributed by atoms with E-state index in [0.717, 1.165) is 5.56 Å². The van der Waals surface area contributed by atoms with Crippen molar-refractivity contribution in [2.45, 2.75) is 25.8 Å². The zero-order chi connectivity index (χ0) is 17.3. The van der Waals surface area contributed by atoms with E-state index in [-0.39, 0.29) is 23.8 Å². The van der Waals surface area contributed by atoms with Crippen molar-refractivity contribution in [1.29, 1.82) is 0 Å². The molecule has 0 saturated heterocycles. The molecule has 0 aliphatic carbocycles. The highest BCUT2D eigenvalue weighted by molar-refractivity contribution is 6.08. The molecule has 1 aliphatic rings. The van der Waals surface area contributed by atoms with Gasteiger partial charge in [0.15, 0.2) is 5.78 Å². The fraction of sp³-hybridized carbons (Fsp3) is 0.222. The van der Waals surface area contributed by atoms with Gasteiger partial charge in [0.25, 0.3) is 5.69 Å². The van der Waals surface area contributed by atoms with Gasteiger partial charge in [-0.3, -0.25) is 19.7 Å². The van der Waals surface area contributed by atoms with E-state index in [0.29, 0.717) is 17.7 Å². The van der Waals surface area contributed by atoms with Crippen molar-refractivity contribution < 1.29 is 14.5 Å². The van der Waals surface area contributed by atoms with Gasteiger partial charge in [-0.1, -0.05) is 30.3 Å². The molecule has 0 aromatic heterocycles. The Labute approximate surface area is 138 Å². The van der Waals surface area contributed by atoms with Crippen LogP contribution in [0, 0.1) is 10.1 Å². The van der Waals surface area contributed by atoms with Gasteiger partial charge in [0.2, 0.25) is 5.91 Å². The van der Waals surface area contributed by atoms with Crippen molar-refractivity contribution in [3.8, 4) is 0 Å². The number of fused-ring (bicyclic) bond motifs is 1. The van der Waals surface area contributed by atoms with Gasteiger partial charge in [0.1, 0.15) is 0 Å². The van der Waals surface area contributed by atoms with E-state index < -0.39 is 11.0 Å². The van der Waals surface area contributed by atoms with Crippen LogP contribution in [0.3, 0.4) is 0 Å². The van der Waals surface area contributed by atoms with Crippen molar-refractivity contribution >= 4 is 23.1 Å². The number of anilines is 1. The van der Waals surface area contributed by atoms with Gasteiger partial charge in [-0.05, 0) is 25.0 Å². The third kappa shape index (κ3) is 2.78. The second-order valence-electron chi connectivity index (χ2n) is 5.74. The van der Waals surface area contributed by atoms with Gasteiger partial charge in [-0.25, -0.2) is 0 Å². The van der Waals surface area contributed by atoms with Crippen molar-refractivity contribution in [2.24, 2.45) is 0 Å². The molecular weight excluding hydrogens is 308 g/mol. The fourth-order valence-electron chi connectivity index (χ4n) is 3.00. The van der Waals surface area contributed by atoms with E-state index in [1.165, 1.54) is 17.0 Å². The van der Waals surface area contributed by atoms with Crippen LogP contribution < -0.4 is 4.90 Å². The number of carbonyl (C=O) groups is 2. The third-order valence-corrected chi connectivity index (χ3v) is 4.24. The SMILES string of the molecule is CC(C(=O)c1ccccc1)N1C(=O)CCc2cc([N+](=O)[O-])ccc21. The smallest absolute Gasteiger partial charge is 0.269 e. The van der Waals surface area contributed by atoms with Gasteiger partial charge >= 0.3 is 0 Å². The number of Topliss-reactive ketones (excluding diaryl/α,β-unsaturated/α-hetero) is 1. The van der Waals surface area contributed by atoms with Crippen molar-refractivity contribution in [1.82, 2.24) is 0 Å². The Morgan fingerprint density at radius 2 is 1.88 bits per heavy atom. The number of non-ortho nitro benzene ring substituents is 1. The minimum atomic E-state index is -0.666. The molecule has 0 saturated carbocycles. The van der Waals surface area contributed by atoms with Crippen LogP contribution in [0.4, 0.5) is 11.4 Å². The van der Waals surface area contributed by atoms with Crippen LogP contribution in [-0.2, 0) is 11.2 Å². The van der Waals surface area contributed by atoms with Gasteiger partial charge < -0.3 is 4.90 Å². The summed E-state index contributed by atoms with van der Waals surface area (Å²) in [7, 11) is 0. The summed E-state index contributed by atoms with van der Waals surface area (Å²) in [6.07, 6.45) is 0.680. The number of hydrogen-bond donors (Lipinski definition) is 0. The Balaban J connectivity index is 1.98. The molecule has 3 rings (SSSR count). The molecule has 6 nitrogen and oxygen atoms in total. The Hall–Kier alpha value is -3.02. The number of aryl methyl sites for hydroxylation is 1. The first-order valence-electron chi connectivity index (χ1n) is 7.67. The summed E-state index contributed by atoms with van der Waals surface area (Å²) in [4.78, 5) is 37.0. The van der Waals surface area contributed by atoms with E-state index in [4.69, 9.17) is 0 Å². The molecule has 24 heavy (non-hydrogen) atoms. The maximum atomic E-state index is 12.7. The minimum absolute atomic E-state index is 0.00918. The molecule has 122 valence electrons. The van der Waals surface area contributed by atoms with Crippen LogP contribution in [0.2, 0.25) is 0 Å². The number of rotatable bonds is 4. The molecule has 0 N–H and O–H groups in total. The summed E-state index contributed by atoms with van der Waals surface area (Å²) in [6, 6.07) is 12.5. The number of nitro groups is 1. The Bertz CT molecular complexity index is 817. The van der Waals surface area contributed by atoms with Crippen LogP contribution in [-0.4, -0.2) is 22.7 Å². The Morgan fingerprint density at radius 3 is 2.54 bits per heavy atom. The summed E-state index contributed by atoms with van der Waals surface area (Å²) in [5, 5.41) is 10.9. The predicted octanol–water partition coefficient (Wildman–Crippen LogP) is 3.15. The van der Waals surface area contributed by atoms with E-state index >= 15 is 0 Å². The standard InChI is InChI=1S/C18H16N2O4/c1-12(18(22)13-5-3-2-4-6-13)19-16-9-8-15(20(23)24)11-14(16)7-10-17(19)21/h2-6,8-9,11-12H,7,10H2,1H3. The lowest BCUT2D eigenvalue weighted by atomic mass is 9.96. The molecule has 1 aliphatic heterocycles. The number of benzene rings is 2. The number of nitrogens with zero attached hydrogens (tertiary/aromatic N) is 2. The summed E-state index contributed by atoms with van der Waals surface area (Å²) >= 11 is 0. The zero-order valence-electron chi connectivity index (χ0n) is 13.1. The van der Waals surface area contributed by atoms with Gasteiger partial charge in [0, 0.05) is 29.8 Å². The average molecular weight is 324 g/mol. The molecule has 0 bridgehead atoms. The Morgan fingerprint density at radius 1 is 1.17 bits per heavy atom. The normalized spacial score (nSPS) is 14.9. The van der Waals surface area contributed by atoms with Crippen LogP contribution in [0.1, 0.15) is 29.3 Å². The molecular formula is C18H16N2O4. The number of amides is 1. The fourth-order valence-corrected chi connectivity index (χ4v) is 3.00. The minimum Gasteiger partial charge on any atom is -0.302 e. The van der Waals surface area contributed by atoms with Crippen molar-refractivity contribution in [3.63, 3.8) is 0 Å². The lowest BCUT2D eigenvalue weighted by molar-refractivity contribution is -0.384. The summed E-state index contributed by atoms with van der Waals surface area (Å²) < 4.78 is 0. The van der Waals surface area contributed by atoms with E-state index in [1.807, 2.05) is 6.07 Å². The van der Waals surface area contributed by atoms with Gasteiger partial charge in [0.05, 0.1) is 11.0 Å². The first-order valence-corrected chi connectivity index (χ1v) is 7.67. The average Bonchev–Trinajstić information content (AvgIpc) is 2.60. The number of ketones is 1. The number of hydrogen-bond acceptors (Lipinski definition) is 4. The molecule has 0 fully saturated rings. The molecule has 2 aromatic carbocycles. The number of nitro benzene ring substituents is 1. The van der Waals surface area contributed by atoms with E-state index in [1.54, 1.807) is 37.3 Å². The van der Waals surface area contributed by atoms with E-state index in [9.17, 15) is 19.7 Å². The summed E-state index contributed by atoms with van der Waals surface area (Å²) in [6.45, 7) is 1.68. The van der Waals surface area contributed by atoms with Crippen LogP contribution in [0.5, 0.6) is 0 Å². The molecule has 0 radical (unpaired) electrons. The van der Waals surface area contributed by atoms with Crippen LogP contribution in [0.25, 0.3) is 0 Å². The highest BCUT2D eigenvalue weighted by atomic mass is 16.6. The monoisotopic (exact) mass is 324 g/mol. The lowest BCUT2D eigenvalue weighted by Gasteiger charge is -2.33. The highest BCUT2D eigenvalue weighted by Gasteiger charge is 2.33. The molecule has 1 heterocycles. The second kappa shape index (κ2) is 6.23. The maximum Gasteiger partial charge on any atom is 0.269 e. The molecule has 1 amide bonds. The molecule has 2 aromatic rings. The lowest BCUT2D eigenvalue weighted by Crippen LogP contribution is -2.46.